The lowest BCUT2D eigenvalue weighted by Crippen LogP contribution is -2.28. The average Bonchev–Trinajstić information content (AvgIpc) is 3.93. The first-order valence-electron chi connectivity index (χ1n) is 15.4. The van der Waals surface area contributed by atoms with E-state index in [-0.39, 0.29) is 0 Å². The molecule has 4 aromatic heterocycles. The molecule has 0 aliphatic heterocycles. The Balaban J connectivity index is 1.29. The highest BCUT2D eigenvalue weighted by Gasteiger charge is 2.46. The summed E-state index contributed by atoms with van der Waals surface area (Å²) >= 11 is 3.21. The van der Waals surface area contributed by atoms with Gasteiger partial charge in [-0.15, -0.1) is 22.7 Å². The van der Waals surface area contributed by atoms with Crippen molar-refractivity contribution in [3.8, 4) is 55.0 Å². The zero-order valence-electron chi connectivity index (χ0n) is 25.1. The molecule has 8 aromatic rings. The molecule has 0 bridgehead atoms. The van der Waals surface area contributed by atoms with E-state index in [0.717, 1.165) is 43.9 Å². The molecule has 0 fully saturated rings. The lowest BCUT2D eigenvalue weighted by atomic mass is 9.67. The van der Waals surface area contributed by atoms with Crippen LogP contribution in [-0.2, 0) is 5.41 Å². The summed E-state index contributed by atoms with van der Waals surface area (Å²) in [6.45, 7) is 0. The highest BCUT2D eigenvalue weighted by molar-refractivity contribution is 7.13. The van der Waals surface area contributed by atoms with Crippen LogP contribution in [0, 0.1) is 0 Å². The average molecular weight is 639 g/mol. The SMILES string of the molecule is c1ccc(C2(c3ccccc3)c3cc(-c4cccc(-c5nccs5)n4)ccc3-c3ccc(-c4cccc(-c5nccs5)n4)cc32)cc1. The van der Waals surface area contributed by atoms with Crippen LogP contribution in [0.3, 0.4) is 0 Å². The van der Waals surface area contributed by atoms with E-state index in [1.165, 1.54) is 33.4 Å². The van der Waals surface area contributed by atoms with E-state index in [2.05, 4.69) is 131 Å². The topological polar surface area (TPSA) is 51.6 Å². The van der Waals surface area contributed by atoms with E-state index in [1.54, 1.807) is 22.7 Å². The van der Waals surface area contributed by atoms with Gasteiger partial charge < -0.3 is 0 Å². The number of thiazole rings is 2. The van der Waals surface area contributed by atoms with Gasteiger partial charge in [-0.3, -0.25) is 0 Å². The monoisotopic (exact) mass is 638 g/mol. The predicted octanol–water partition coefficient (Wildman–Crippen LogP) is 10.4. The third-order valence-electron chi connectivity index (χ3n) is 8.94. The van der Waals surface area contributed by atoms with Crippen molar-refractivity contribution in [2.75, 3.05) is 0 Å². The first-order valence-corrected chi connectivity index (χ1v) is 17.2. The van der Waals surface area contributed by atoms with Gasteiger partial charge in [-0.2, -0.15) is 0 Å². The standard InChI is InChI=1S/C41H26N4S2/c1-3-9-29(10-4-1)41(30-11-5-2-6-12-30)33-25-27(35-13-7-15-37(44-35)39-42-21-23-46-39)17-19-31(33)32-20-18-28(26-34(32)41)36-14-8-16-38(45-36)40-43-22-24-47-40/h1-26H. The molecule has 0 spiro atoms. The van der Waals surface area contributed by atoms with Crippen molar-refractivity contribution in [2.45, 2.75) is 5.41 Å². The van der Waals surface area contributed by atoms with Crippen molar-refractivity contribution >= 4 is 22.7 Å². The molecular formula is C41H26N4S2. The Morgan fingerprint density at radius 1 is 0.426 bits per heavy atom. The van der Waals surface area contributed by atoms with E-state index in [0.29, 0.717) is 0 Å². The molecule has 1 aliphatic carbocycles. The van der Waals surface area contributed by atoms with Crippen molar-refractivity contribution in [2.24, 2.45) is 0 Å². The van der Waals surface area contributed by atoms with Crippen LogP contribution in [-0.4, -0.2) is 19.9 Å². The van der Waals surface area contributed by atoms with Crippen LogP contribution in [0.5, 0.6) is 0 Å². The van der Waals surface area contributed by atoms with E-state index >= 15 is 0 Å². The van der Waals surface area contributed by atoms with Gasteiger partial charge in [0.15, 0.2) is 0 Å². The molecule has 47 heavy (non-hydrogen) atoms. The normalized spacial score (nSPS) is 12.9. The number of pyridine rings is 2. The molecule has 0 amide bonds. The fourth-order valence-electron chi connectivity index (χ4n) is 6.94. The maximum atomic E-state index is 5.07. The molecule has 6 heteroatoms. The molecule has 9 rings (SSSR count). The predicted molar refractivity (Wildman–Crippen MR) is 192 cm³/mol. The van der Waals surface area contributed by atoms with Gasteiger partial charge in [0.05, 0.1) is 28.2 Å². The number of benzene rings is 4. The Morgan fingerprint density at radius 2 is 0.872 bits per heavy atom. The van der Waals surface area contributed by atoms with Crippen molar-refractivity contribution < 1.29 is 0 Å². The van der Waals surface area contributed by atoms with E-state index in [9.17, 15) is 0 Å². The minimum atomic E-state index is -0.557. The molecule has 4 heterocycles. The largest absolute Gasteiger partial charge is 0.245 e. The highest BCUT2D eigenvalue weighted by atomic mass is 32.1. The summed E-state index contributed by atoms with van der Waals surface area (Å²) in [5.41, 5.74) is 12.6. The van der Waals surface area contributed by atoms with Crippen LogP contribution in [0.4, 0.5) is 0 Å². The van der Waals surface area contributed by atoms with E-state index in [4.69, 9.17) is 9.97 Å². The smallest absolute Gasteiger partial charge is 0.141 e. The van der Waals surface area contributed by atoms with Crippen LogP contribution in [0.15, 0.2) is 157 Å². The molecule has 0 saturated carbocycles. The summed E-state index contributed by atoms with van der Waals surface area (Å²) in [7, 11) is 0. The zero-order valence-corrected chi connectivity index (χ0v) is 26.7. The van der Waals surface area contributed by atoms with E-state index < -0.39 is 5.41 Å². The minimum absolute atomic E-state index is 0.557. The Kier molecular flexibility index (Phi) is 6.70. The molecule has 0 radical (unpaired) electrons. The van der Waals surface area contributed by atoms with Crippen molar-refractivity contribution in [1.82, 2.24) is 19.9 Å². The maximum absolute atomic E-state index is 5.07. The summed E-state index contributed by atoms with van der Waals surface area (Å²) in [5, 5.41) is 5.82. The molecule has 4 nitrogen and oxygen atoms in total. The van der Waals surface area contributed by atoms with Gasteiger partial charge in [-0.1, -0.05) is 97.1 Å². The summed E-state index contributed by atoms with van der Waals surface area (Å²) in [6, 6.07) is 47.8. The molecule has 0 saturated heterocycles. The highest BCUT2D eigenvalue weighted by Crippen LogP contribution is 2.57. The fourth-order valence-corrected chi connectivity index (χ4v) is 8.15. The summed E-state index contributed by atoms with van der Waals surface area (Å²) in [4.78, 5) is 19.2. The fraction of sp³-hybridized carbons (Fsp3) is 0.0244. The first kappa shape index (κ1) is 27.7. The summed E-state index contributed by atoms with van der Waals surface area (Å²) < 4.78 is 0. The number of nitrogens with zero attached hydrogens (tertiary/aromatic N) is 4. The van der Waals surface area contributed by atoms with Crippen molar-refractivity contribution in [3.63, 3.8) is 0 Å². The second-order valence-electron chi connectivity index (χ2n) is 11.5. The van der Waals surface area contributed by atoms with Crippen molar-refractivity contribution in [1.29, 1.82) is 0 Å². The Bertz CT molecular complexity index is 2180. The lowest BCUT2D eigenvalue weighted by molar-refractivity contribution is 0.769. The van der Waals surface area contributed by atoms with Gasteiger partial charge in [0.1, 0.15) is 10.0 Å². The van der Waals surface area contributed by atoms with Gasteiger partial charge in [-0.05, 0) is 69.8 Å². The van der Waals surface area contributed by atoms with Gasteiger partial charge >= 0.3 is 0 Å². The number of rotatable bonds is 6. The molecule has 0 N–H and O–H groups in total. The zero-order chi connectivity index (χ0) is 31.2. The van der Waals surface area contributed by atoms with Gasteiger partial charge in [-0.25, -0.2) is 19.9 Å². The second-order valence-corrected chi connectivity index (χ2v) is 13.3. The Morgan fingerprint density at radius 3 is 1.30 bits per heavy atom. The van der Waals surface area contributed by atoms with Crippen LogP contribution in [0.2, 0.25) is 0 Å². The third-order valence-corrected chi connectivity index (χ3v) is 10.5. The summed E-state index contributed by atoms with van der Waals surface area (Å²) in [5.74, 6) is 0. The number of fused-ring (bicyclic) bond motifs is 3. The quantitative estimate of drug-likeness (QED) is 0.182. The summed E-state index contributed by atoms with van der Waals surface area (Å²) in [6.07, 6.45) is 3.66. The number of hydrogen-bond acceptors (Lipinski definition) is 6. The van der Waals surface area contributed by atoms with Crippen molar-refractivity contribution in [3.05, 3.63) is 179 Å². The second kappa shape index (κ2) is 11.4. The van der Waals surface area contributed by atoms with Crippen LogP contribution in [0.1, 0.15) is 22.3 Å². The molecule has 0 unspecified atom stereocenters. The molecular weight excluding hydrogens is 613 g/mol. The molecule has 4 aromatic carbocycles. The van der Waals surface area contributed by atoms with Gasteiger partial charge in [0.2, 0.25) is 0 Å². The molecule has 222 valence electrons. The lowest BCUT2D eigenvalue weighted by Gasteiger charge is -2.34. The Labute approximate surface area is 280 Å². The number of hydrogen-bond donors (Lipinski definition) is 0. The van der Waals surface area contributed by atoms with Crippen LogP contribution >= 0.6 is 22.7 Å². The Hall–Kier alpha value is -5.56. The van der Waals surface area contributed by atoms with E-state index in [1.807, 2.05) is 35.3 Å². The van der Waals surface area contributed by atoms with Crippen LogP contribution < -0.4 is 0 Å². The van der Waals surface area contributed by atoms with Crippen LogP contribution in [0.25, 0.3) is 55.0 Å². The first-order chi connectivity index (χ1) is 23.3. The number of aromatic nitrogens is 4. The third kappa shape index (κ3) is 4.56. The molecule has 0 atom stereocenters. The van der Waals surface area contributed by atoms with Gasteiger partial charge in [0, 0.05) is 34.3 Å². The minimum Gasteiger partial charge on any atom is -0.245 e. The van der Waals surface area contributed by atoms with Gasteiger partial charge in [0.25, 0.3) is 0 Å². The maximum Gasteiger partial charge on any atom is 0.141 e. The molecule has 1 aliphatic rings.